The highest BCUT2D eigenvalue weighted by Gasteiger charge is 2.09. The van der Waals surface area contributed by atoms with Crippen LogP contribution in [0.2, 0.25) is 0 Å². The van der Waals surface area contributed by atoms with E-state index in [1.165, 1.54) is 10.8 Å². The van der Waals surface area contributed by atoms with Gasteiger partial charge in [0.05, 0.1) is 6.04 Å². The van der Waals surface area contributed by atoms with E-state index in [2.05, 4.69) is 70.5 Å². The zero-order valence-corrected chi connectivity index (χ0v) is 12.0. The number of nitrogens with two attached hydrogens (primary N) is 1. The minimum Gasteiger partial charge on any atom is -0.320 e. The van der Waals surface area contributed by atoms with Crippen LogP contribution in [-0.2, 0) is 0 Å². The van der Waals surface area contributed by atoms with E-state index >= 15 is 0 Å². The molecule has 0 fully saturated rings. The van der Waals surface area contributed by atoms with E-state index in [-0.39, 0.29) is 6.04 Å². The van der Waals surface area contributed by atoms with Crippen LogP contribution in [0.4, 0.5) is 0 Å². The molecule has 0 radical (unpaired) electrons. The van der Waals surface area contributed by atoms with Gasteiger partial charge in [-0.15, -0.1) is 0 Å². The van der Waals surface area contributed by atoms with Crippen molar-refractivity contribution in [1.82, 2.24) is 0 Å². The largest absolute Gasteiger partial charge is 0.320 e. The van der Waals surface area contributed by atoms with Crippen LogP contribution in [0, 0.1) is 0 Å². The van der Waals surface area contributed by atoms with Gasteiger partial charge in [0, 0.05) is 4.47 Å². The van der Waals surface area contributed by atoms with E-state index in [4.69, 9.17) is 5.73 Å². The average Bonchev–Trinajstić information content (AvgIpc) is 2.47. The minimum atomic E-state index is -0.0855. The molecule has 3 aromatic rings. The molecule has 0 saturated carbocycles. The van der Waals surface area contributed by atoms with Crippen LogP contribution in [0.5, 0.6) is 0 Å². The molecule has 0 aromatic heterocycles. The maximum atomic E-state index is 6.34. The second kappa shape index (κ2) is 5.16. The summed E-state index contributed by atoms with van der Waals surface area (Å²) in [6.07, 6.45) is 0. The number of halogens is 1. The Morgan fingerprint density at radius 2 is 1.37 bits per heavy atom. The number of benzene rings is 3. The molecule has 0 heterocycles. The minimum absolute atomic E-state index is 0.0855. The van der Waals surface area contributed by atoms with Crippen LogP contribution in [0.15, 0.2) is 71.2 Å². The topological polar surface area (TPSA) is 26.0 Å². The van der Waals surface area contributed by atoms with Gasteiger partial charge >= 0.3 is 0 Å². The molecule has 0 bridgehead atoms. The Morgan fingerprint density at radius 3 is 2.11 bits per heavy atom. The molecule has 2 N–H and O–H groups in total. The average molecular weight is 312 g/mol. The molecule has 2 heteroatoms. The third-order valence-electron chi connectivity index (χ3n) is 3.36. The van der Waals surface area contributed by atoms with Crippen molar-refractivity contribution in [3.05, 3.63) is 82.3 Å². The summed E-state index contributed by atoms with van der Waals surface area (Å²) in [6.45, 7) is 0. The summed E-state index contributed by atoms with van der Waals surface area (Å²) in [7, 11) is 0. The maximum absolute atomic E-state index is 6.34. The Kier molecular flexibility index (Phi) is 3.36. The van der Waals surface area contributed by atoms with Crippen molar-refractivity contribution < 1.29 is 0 Å². The van der Waals surface area contributed by atoms with E-state index in [0.29, 0.717) is 0 Å². The molecule has 1 nitrogen and oxygen atoms in total. The molecule has 3 rings (SSSR count). The summed E-state index contributed by atoms with van der Waals surface area (Å²) < 4.78 is 1.07. The Bertz CT molecular complexity index is 704. The summed E-state index contributed by atoms with van der Waals surface area (Å²) in [5.41, 5.74) is 8.61. The van der Waals surface area contributed by atoms with E-state index in [1.807, 2.05) is 12.1 Å². The zero-order valence-electron chi connectivity index (χ0n) is 10.4. The van der Waals surface area contributed by atoms with Gasteiger partial charge in [-0.3, -0.25) is 0 Å². The molecule has 19 heavy (non-hydrogen) atoms. The SMILES string of the molecule is NC(c1ccc(Br)cc1)c1ccc2ccccc2c1. The zero-order chi connectivity index (χ0) is 13.2. The summed E-state index contributed by atoms with van der Waals surface area (Å²) in [4.78, 5) is 0. The van der Waals surface area contributed by atoms with Crippen molar-refractivity contribution in [3.8, 4) is 0 Å². The number of hydrogen-bond acceptors (Lipinski definition) is 1. The molecule has 0 saturated heterocycles. The van der Waals surface area contributed by atoms with Gasteiger partial charge in [-0.05, 0) is 40.1 Å². The highest BCUT2D eigenvalue weighted by Crippen LogP contribution is 2.24. The van der Waals surface area contributed by atoms with E-state index in [9.17, 15) is 0 Å². The van der Waals surface area contributed by atoms with Crippen molar-refractivity contribution in [3.63, 3.8) is 0 Å². The summed E-state index contributed by atoms with van der Waals surface area (Å²) in [6, 6.07) is 22.8. The molecule has 94 valence electrons. The fourth-order valence-corrected chi connectivity index (χ4v) is 2.53. The Morgan fingerprint density at radius 1 is 0.737 bits per heavy atom. The van der Waals surface area contributed by atoms with E-state index in [0.717, 1.165) is 15.6 Å². The Labute approximate surface area is 121 Å². The van der Waals surface area contributed by atoms with E-state index in [1.54, 1.807) is 0 Å². The molecule has 0 spiro atoms. The van der Waals surface area contributed by atoms with Crippen LogP contribution < -0.4 is 5.73 Å². The molecule has 0 amide bonds. The third kappa shape index (κ3) is 2.55. The normalized spacial score (nSPS) is 12.5. The van der Waals surface area contributed by atoms with Crippen LogP contribution in [-0.4, -0.2) is 0 Å². The van der Waals surface area contributed by atoms with Crippen LogP contribution >= 0.6 is 15.9 Å². The van der Waals surface area contributed by atoms with Crippen molar-refractivity contribution in [2.24, 2.45) is 5.73 Å². The lowest BCUT2D eigenvalue weighted by molar-refractivity contribution is 0.873. The van der Waals surface area contributed by atoms with E-state index < -0.39 is 0 Å². The van der Waals surface area contributed by atoms with Crippen molar-refractivity contribution in [2.75, 3.05) is 0 Å². The van der Waals surface area contributed by atoms with Crippen molar-refractivity contribution in [1.29, 1.82) is 0 Å². The highest BCUT2D eigenvalue weighted by molar-refractivity contribution is 9.10. The monoisotopic (exact) mass is 311 g/mol. The fraction of sp³-hybridized carbons (Fsp3) is 0.0588. The first-order valence-corrected chi connectivity index (χ1v) is 7.03. The maximum Gasteiger partial charge on any atom is 0.0551 e. The van der Waals surface area contributed by atoms with Crippen molar-refractivity contribution in [2.45, 2.75) is 6.04 Å². The van der Waals surface area contributed by atoms with Gasteiger partial charge in [0.25, 0.3) is 0 Å². The standard InChI is InChI=1S/C17H14BrN/c18-16-9-7-13(8-10-16)17(19)15-6-5-12-3-1-2-4-14(12)11-15/h1-11,17H,19H2. The Hall–Kier alpha value is -1.64. The molecule has 1 atom stereocenters. The predicted molar refractivity (Wildman–Crippen MR) is 84.1 cm³/mol. The van der Waals surface area contributed by atoms with Crippen LogP contribution in [0.3, 0.4) is 0 Å². The molecular formula is C17H14BrN. The number of fused-ring (bicyclic) bond motifs is 1. The lowest BCUT2D eigenvalue weighted by Crippen LogP contribution is -2.11. The highest BCUT2D eigenvalue weighted by atomic mass is 79.9. The molecule has 0 aliphatic carbocycles. The molecule has 3 aromatic carbocycles. The van der Waals surface area contributed by atoms with Gasteiger partial charge in [-0.25, -0.2) is 0 Å². The second-order valence-corrected chi connectivity index (χ2v) is 5.55. The van der Waals surface area contributed by atoms with Crippen LogP contribution in [0.25, 0.3) is 10.8 Å². The fourth-order valence-electron chi connectivity index (χ4n) is 2.26. The Balaban J connectivity index is 2.01. The third-order valence-corrected chi connectivity index (χ3v) is 3.89. The first-order chi connectivity index (χ1) is 9.24. The van der Waals surface area contributed by atoms with Gasteiger partial charge in [0.15, 0.2) is 0 Å². The molecule has 1 unspecified atom stereocenters. The lowest BCUT2D eigenvalue weighted by atomic mass is 9.97. The molecular weight excluding hydrogens is 298 g/mol. The van der Waals surface area contributed by atoms with Crippen molar-refractivity contribution >= 4 is 26.7 Å². The predicted octanol–water partition coefficient (Wildman–Crippen LogP) is 4.65. The molecule has 0 aliphatic heterocycles. The summed E-state index contributed by atoms with van der Waals surface area (Å²) >= 11 is 3.44. The number of hydrogen-bond donors (Lipinski definition) is 1. The van der Waals surface area contributed by atoms with Gasteiger partial charge in [0.2, 0.25) is 0 Å². The second-order valence-electron chi connectivity index (χ2n) is 4.64. The summed E-state index contributed by atoms with van der Waals surface area (Å²) in [5.74, 6) is 0. The van der Waals surface area contributed by atoms with Gasteiger partial charge in [-0.2, -0.15) is 0 Å². The smallest absolute Gasteiger partial charge is 0.0551 e. The van der Waals surface area contributed by atoms with Gasteiger partial charge in [-0.1, -0.05) is 64.5 Å². The quantitative estimate of drug-likeness (QED) is 0.732. The first-order valence-electron chi connectivity index (χ1n) is 6.24. The van der Waals surface area contributed by atoms with Gasteiger partial charge in [0.1, 0.15) is 0 Å². The first kappa shape index (κ1) is 12.4. The summed E-state index contributed by atoms with van der Waals surface area (Å²) in [5, 5.41) is 2.47. The lowest BCUT2D eigenvalue weighted by Gasteiger charge is -2.13. The van der Waals surface area contributed by atoms with Gasteiger partial charge < -0.3 is 5.73 Å². The van der Waals surface area contributed by atoms with Crippen LogP contribution in [0.1, 0.15) is 17.2 Å². The molecule has 0 aliphatic rings. The number of rotatable bonds is 2.